The number of anilines is 1. The summed E-state index contributed by atoms with van der Waals surface area (Å²) in [5, 5.41) is 15.4. The van der Waals surface area contributed by atoms with Crippen molar-refractivity contribution in [2.75, 3.05) is 5.32 Å². The van der Waals surface area contributed by atoms with Crippen LogP contribution in [0.5, 0.6) is 5.75 Å². The Morgan fingerprint density at radius 2 is 1.96 bits per heavy atom. The minimum absolute atomic E-state index is 0.0714. The second kappa shape index (κ2) is 6.84. The van der Waals surface area contributed by atoms with Crippen LogP contribution in [0.2, 0.25) is 0 Å². The van der Waals surface area contributed by atoms with Crippen molar-refractivity contribution in [3.05, 3.63) is 64.7 Å². The highest BCUT2D eigenvalue weighted by atomic mass is 32.1. The zero-order chi connectivity index (χ0) is 17.1. The summed E-state index contributed by atoms with van der Waals surface area (Å²) in [5.74, 6) is -0.127. The summed E-state index contributed by atoms with van der Waals surface area (Å²) in [7, 11) is 0. The summed E-state index contributed by atoms with van der Waals surface area (Å²) in [4.78, 5) is 16.7. The highest BCUT2D eigenvalue weighted by Gasteiger charge is 2.11. The summed E-state index contributed by atoms with van der Waals surface area (Å²) in [6.45, 7) is 3.92. The predicted molar refractivity (Wildman–Crippen MR) is 97.5 cm³/mol. The van der Waals surface area contributed by atoms with Crippen molar-refractivity contribution in [2.24, 2.45) is 0 Å². The maximum absolute atomic E-state index is 12.2. The van der Waals surface area contributed by atoms with Crippen molar-refractivity contribution >= 4 is 22.9 Å². The van der Waals surface area contributed by atoms with Crippen LogP contribution >= 0.6 is 11.3 Å². The quantitative estimate of drug-likeness (QED) is 0.697. The number of hydrogen-bond donors (Lipinski definition) is 2. The van der Waals surface area contributed by atoms with E-state index in [1.54, 1.807) is 12.1 Å². The van der Waals surface area contributed by atoms with Gasteiger partial charge in [-0.25, -0.2) is 4.98 Å². The zero-order valence-electron chi connectivity index (χ0n) is 13.5. The molecular formula is C19H18N2O2S. The molecule has 0 saturated heterocycles. The van der Waals surface area contributed by atoms with Crippen LogP contribution in [0.25, 0.3) is 10.6 Å². The lowest BCUT2D eigenvalue weighted by atomic mass is 10.1. The van der Waals surface area contributed by atoms with Crippen LogP contribution in [0.15, 0.2) is 47.8 Å². The lowest BCUT2D eigenvalue weighted by Crippen LogP contribution is -2.14. The monoisotopic (exact) mass is 338 g/mol. The first-order valence-corrected chi connectivity index (χ1v) is 8.50. The smallest absolute Gasteiger partial charge is 0.230 e. The molecule has 0 aliphatic heterocycles. The van der Waals surface area contributed by atoms with Gasteiger partial charge >= 0.3 is 0 Å². The number of aryl methyl sites for hydroxylation is 2. The Morgan fingerprint density at radius 1 is 1.17 bits per heavy atom. The number of aromatic nitrogens is 1. The number of carbonyl (C=O) groups excluding carboxylic acids is 1. The Balaban J connectivity index is 1.69. The Labute approximate surface area is 144 Å². The highest BCUT2D eigenvalue weighted by Crippen LogP contribution is 2.26. The Kier molecular flexibility index (Phi) is 4.62. The molecule has 0 radical (unpaired) electrons. The molecule has 0 aliphatic rings. The van der Waals surface area contributed by atoms with Gasteiger partial charge in [0, 0.05) is 10.9 Å². The summed E-state index contributed by atoms with van der Waals surface area (Å²) in [6.07, 6.45) is 0.176. The summed E-state index contributed by atoms with van der Waals surface area (Å²) < 4.78 is 0. The normalized spacial score (nSPS) is 10.6. The number of phenolic OH excluding ortho intramolecular Hbond substituents is 1. The first-order valence-electron chi connectivity index (χ1n) is 7.62. The fourth-order valence-electron chi connectivity index (χ4n) is 2.41. The molecule has 2 aromatic carbocycles. The van der Waals surface area contributed by atoms with E-state index in [0.29, 0.717) is 5.69 Å². The van der Waals surface area contributed by atoms with Crippen molar-refractivity contribution in [2.45, 2.75) is 20.3 Å². The number of phenols is 1. The van der Waals surface area contributed by atoms with Crippen LogP contribution in [0.1, 0.15) is 16.8 Å². The summed E-state index contributed by atoms with van der Waals surface area (Å²) >= 11 is 1.52. The Hall–Kier alpha value is -2.66. The number of rotatable bonds is 4. The van der Waals surface area contributed by atoms with E-state index in [4.69, 9.17) is 0 Å². The number of aromatic hydroxyl groups is 1. The number of carbonyl (C=O) groups is 1. The SMILES string of the molecule is Cc1cccc(-c2nc(CC(=O)Nc3ccc(C)cc3O)cs2)c1. The molecule has 0 fully saturated rings. The zero-order valence-corrected chi connectivity index (χ0v) is 14.4. The van der Waals surface area contributed by atoms with Gasteiger partial charge < -0.3 is 10.4 Å². The first-order chi connectivity index (χ1) is 11.5. The Morgan fingerprint density at radius 3 is 2.71 bits per heavy atom. The third kappa shape index (κ3) is 3.81. The maximum atomic E-state index is 12.2. The molecule has 24 heavy (non-hydrogen) atoms. The van der Waals surface area contributed by atoms with E-state index in [0.717, 1.165) is 21.8 Å². The number of benzene rings is 2. The molecule has 5 heteroatoms. The topological polar surface area (TPSA) is 62.2 Å². The number of nitrogens with one attached hydrogen (secondary N) is 1. The van der Waals surface area contributed by atoms with Crippen molar-refractivity contribution < 1.29 is 9.90 Å². The van der Waals surface area contributed by atoms with Crippen LogP contribution in [0.3, 0.4) is 0 Å². The van der Waals surface area contributed by atoms with E-state index in [2.05, 4.69) is 16.4 Å². The molecule has 0 atom stereocenters. The third-order valence-electron chi connectivity index (χ3n) is 3.59. The lowest BCUT2D eigenvalue weighted by Gasteiger charge is -2.07. The van der Waals surface area contributed by atoms with E-state index in [9.17, 15) is 9.90 Å². The molecule has 3 aromatic rings. The van der Waals surface area contributed by atoms with Crippen molar-refractivity contribution in [1.29, 1.82) is 0 Å². The van der Waals surface area contributed by atoms with Crippen LogP contribution < -0.4 is 5.32 Å². The minimum Gasteiger partial charge on any atom is -0.506 e. The third-order valence-corrected chi connectivity index (χ3v) is 4.53. The van der Waals surface area contributed by atoms with Crippen LogP contribution in [-0.4, -0.2) is 16.0 Å². The van der Waals surface area contributed by atoms with Crippen LogP contribution in [-0.2, 0) is 11.2 Å². The van der Waals surface area contributed by atoms with E-state index < -0.39 is 0 Å². The van der Waals surface area contributed by atoms with Crippen molar-refractivity contribution in [3.8, 4) is 16.3 Å². The van der Waals surface area contributed by atoms with E-state index >= 15 is 0 Å². The van der Waals surface area contributed by atoms with E-state index in [-0.39, 0.29) is 18.1 Å². The molecule has 4 nitrogen and oxygen atoms in total. The summed E-state index contributed by atoms with van der Waals surface area (Å²) in [6, 6.07) is 13.3. The molecule has 1 amide bonds. The number of nitrogens with zero attached hydrogens (tertiary/aromatic N) is 1. The van der Waals surface area contributed by atoms with Gasteiger partial charge in [0.05, 0.1) is 17.8 Å². The van der Waals surface area contributed by atoms with E-state index in [1.807, 2.05) is 43.5 Å². The molecular weight excluding hydrogens is 320 g/mol. The van der Waals surface area contributed by atoms with Gasteiger partial charge in [0.15, 0.2) is 0 Å². The van der Waals surface area contributed by atoms with Gasteiger partial charge in [0.2, 0.25) is 5.91 Å². The number of hydrogen-bond acceptors (Lipinski definition) is 4. The molecule has 1 aromatic heterocycles. The van der Waals surface area contributed by atoms with Crippen molar-refractivity contribution in [1.82, 2.24) is 4.98 Å². The van der Waals surface area contributed by atoms with Gasteiger partial charge in [-0.2, -0.15) is 0 Å². The van der Waals surface area contributed by atoms with Gasteiger partial charge in [-0.1, -0.05) is 29.8 Å². The Bertz CT molecular complexity index is 887. The second-order valence-electron chi connectivity index (χ2n) is 5.76. The highest BCUT2D eigenvalue weighted by molar-refractivity contribution is 7.13. The average Bonchev–Trinajstić information content (AvgIpc) is 2.98. The fourth-order valence-corrected chi connectivity index (χ4v) is 3.22. The average molecular weight is 338 g/mol. The molecule has 0 saturated carbocycles. The van der Waals surface area contributed by atoms with Crippen molar-refractivity contribution in [3.63, 3.8) is 0 Å². The van der Waals surface area contributed by atoms with Gasteiger partial charge in [-0.3, -0.25) is 4.79 Å². The predicted octanol–water partition coefficient (Wildman–Crippen LogP) is 4.31. The maximum Gasteiger partial charge on any atom is 0.230 e. The number of amides is 1. The lowest BCUT2D eigenvalue weighted by molar-refractivity contribution is -0.115. The van der Waals surface area contributed by atoms with Gasteiger partial charge in [-0.05, 0) is 37.6 Å². The second-order valence-corrected chi connectivity index (χ2v) is 6.62. The summed E-state index contributed by atoms with van der Waals surface area (Å²) in [5.41, 5.74) is 4.31. The molecule has 1 heterocycles. The van der Waals surface area contributed by atoms with E-state index in [1.165, 1.54) is 16.9 Å². The molecule has 2 N–H and O–H groups in total. The van der Waals surface area contributed by atoms with Gasteiger partial charge in [0.1, 0.15) is 10.8 Å². The molecule has 0 unspecified atom stereocenters. The largest absolute Gasteiger partial charge is 0.506 e. The molecule has 0 aliphatic carbocycles. The first kappa shape index (κ1) is 16.2. The molecule has 0 bridgehead atoms. The molecule has 0 spiro atoms. The number of thiazole rings is 1. The van der Waals surface area contributed by atoms with Crippen LogP contribution in [0, 0.1) is 13.8 Å². The minimum atomic E-state index is -0.199. The molecule has 122 valence electrons. The standard InChI is InChI=1S/C19H18N2O2S/c1-12-4-3-5-14(8-12)19-20-15(11-24-19)10-18(23)21-16-7-6-13(2)9-17(16)22/h3-9,11,22H,10H2,1-2H3,(H,21,23). The van der Waals surface area contributed by atoms with Crippen LogP contribution in [0.4, 0.5) is 5.69 Å². The molecule has 3 rings (SSSR count). The van der Waals surface area contributed by atoms with Gasteiger partial charge in [-0.15, -0.1) is 11.3 Å². The van der Waals surface area contributed by atoms with Gasteiger partial charge in [0.25, 0.3) is 0 Å². The fraction of sp³-hybridized carbons (Fsp3) is 0.158.